The van der Waals surface area contributed by atoms with Gasteiger partial charge in [-0.25, -0.2) is 0 Å². The molecule has 1 aliphatic heterocycles. The van der Waals surface area contributed by atoms with E-state index in [4.69, 9.17) is 11.6 Å². The summed E-state index contributed by atoms with van der Waals surface area (Å²) >= 11 is 5.80. The minimum absolute atomic E-state index is 0.0507. The standard InChI is InChI=1S/C18H16ClNO3/c19-11-16(21)15(10-12-6-2-1-3-7-12)20-17(22)13-8-4-5-9-14(13)18(20)23/h1-9,15-16,21H,10-11H2. The Morgan fingerprint density at radius 3 is 1.96 bits per heavy atom. The van der Waals surface area contributed by atoms with Crippen LogP contribution in [0.4, 0.5) is 0 Å². The molecule has 0 saturated heterocycles. The molecule has 0 fully saturated rings. The van der Waals surface area contributed by atoms with Crippen LogP contribution in [0.15, 0.2) is 54.6 Å². The summed E-state index contributed by atoms with van der Waals surface area (Å²) in [6.45, 7) is 0. The Morgan fingerprint density at radius 2 is 1.43 bits per heavy atom. The van der Waals surface area contributed by atoms with E-state index < -0.39 is 12.1 Å². The maximum atomic E-state index is 12.6. The third kappa shape index (κ3) is 2.87. The van der Waals surface area contributed by atoms with E-state index in [0.717, 1.165) is 10.5 Å². The van der Waals surface area contributed by atoms with Crippen LogP contribution in [0.5, 0.6) is 0 Å². The Kier molecular flexibility index (Phi) is 4.46. The summed E-state index contributed by atoms with van der Waals surface area (Å²) in [5, 5.41) is 10.3. The van der Waals surface area contributed by atoms with Crippen molar-refractivity contribution in [2.24, 2.45) is 0 Å². The fraction of sp³-hybridized carbons (Fsp3) is 0.222. The Balaban J connectivity index is 1.95. The van der Waals surface area contributed by atoms with Gasteiger partial charge in [-0.1, -0.05) is 42.5 Å². The molecule has 2 amide bonds. The van der Waals surface area contributed by atoms with Crippen LogP contribution >= 0.6 is 11.6 Å². The molecule has 0 saturated carbocycles. The second-order valence-electron chi connectivity index (χ2n) is 5.50. The molecule has 2 aromatic rings. The minimum Gasteiger partial charge on any atom is -0.390 e. The molecule has 0 spiro atoms. The fourth-order valence-corrected chi connectivity index (χ4v) is 3.07. The quantitative estimate of drug-likeness (QED) is 0.677. The maximum absolute atomic E-state index is 12.6. The van der Waals surface area contributed by atoms with Crippen LogP contribution in [-0.4, -0.2) is 39.8 Å². The number of carbonyl (C=O) groups is 2. The molecule has 23 heavy (non-hydrogen) atoms. The lowest BCUT2D eigenvalue weighted by molar-refractivity contribution is 0.0388. The molecule has 3 rings (SSSR count). The largest absolute Gasteiger partial charge is 0.390 e. The van der Waals surface area contributed by atoms with Crippen LogP contribution in [0.25, 0.3) is 0 Å². The smallest absolute Gasteiger partial charge is 0.261 e. The van der Waals surface area contributed by atoms with Gasteiger partial charge in [0.05, 0.1) is 29.2 Å². The summed E-state index contributed by atoms with van der Waals surface area (Å²) in [6, 6.07) is 15.4. The molecule has 1 N–H and O–H groups in total. The van der Waals surface area contributed by atoms with Gasteiger partial charge in [-0.05, 0) is 24.1 Å². The van der Waals surface area contributed by atoms with Crippen LogP contribution in [0.2, 0.25) is 0 Å². The van der Waals surface area contributed by atoms with Crippen molar-refractivity contribution in [3.8, 4) is 0 Å². The lowest BCUT2D eigenvalue weighted by Crippen LogP contribution is -2.49. The number of rotatable bonds is 5. The highest BCUT2D eigenvalue weighted by atomic mass is 35.5. The number of hydrogen-bond acceptors (Lipinski definition) is 3. The van der Waals surface area contributed by atoms with E-state index in [-0.39, 0.29) is 17.7 Å². The zero-order valence-electron chi connectivity index (χ0n) is 12.4. The number of aliphatic hydroxyl groups is 1. The van der Waals surface area contributed by atoms with E-state index in [2.05, 4.69) is 0 Å². The average Bonchev–Trinajstić information content (AvgIpc) is 2.85. The Morgan fingerprint density at radius 1 is 0.913 bits per heavy atom. The molecule has 5 heteroatoms. The summed E-state index contributed by atoms with van der Waals surface area (Å²) in [7, 11) is 0. The predicted molar refractivity (Wildman–Crippen MR) is 87.6 cm³/mol. The first-order valence-corrected chi connectivity index (χ1v) is 7.92. The van der Waals surface area contributed by atoms with Gasteiger partial charge in [0.1, 0.15) is 0 Å². The number of imide groups is 1. The van der Waals surface area contributed by atoms with Crippen molar-refractivity contribution in [2.75, 3.05) is 5.88 Å². The van der Waals surface area contributed by atoms with Gasteiger partial charge in [0.2, 0.25) is 0 Å². The molecule has 2 aromatic carbocycles. The topological polar surface area (TPSA) is 57.6 Å². The highest BCUT2D eigenvalue weighted by Gasteiger charge is 2.42. The zero-order chi connectivity index (χ0) is 16.4. The average molecular weight is 330 g/mol. The van der Waals surface area contributed by atoms with Gasteiger partial charge in [-0.15, -0.1) is 11.6 Å². The van der Waals surface area contributed by atoms with Gasteiger partial charge in [0.15, 0.2) is 0 Å². The van der Waals surface area contributed by atoms with Gasteiger partial charge < -0.3 is 5.11 Å². The lowest BCUT2D eigenvalue weighted by Gasteiger charge is -2.29. The second-order valence-corrected chi connectivity index (χ2v) is 5.81. The number of benzene rings is 2. The first-order valence-electron chi connectivity index (χ1n) is 7.38. The van der Waals surface area contributed by atoms with E-state index in [1.807, 2.05) is 30.3 Å². The number of hydrogen-bond donors (Lipinski definition) is 1. The van der Waals surface area contributed by atoms with Gasteiger partial charge in [-0.2, -0.15) is 0 Å². The maximum Gasteiger partial charge on any atom is 0.261 e. The van der Waals surface area contributed by atoms with Crippen molar-refractivity contribution < 1.29 is 14.7 Å². The zero-order valence-corrected chi connectivity index (χ0v) is 13.1. The number of aliphatic hydroxyl groups excluding tert-OH is 1. The second kappa shape index (κ2) is 6.52. The molecule has 0 bridgehead atoms. The van der Waals surface area contributed by atoms with E-state index in [9.17, 15) is 14.7 Å². The van der Waals surface area contributed by atoms with Crippen LogP contribution in [0, 0.1) is 0 Å². The number of halogens is 1. The van der Waals surface area contributed by atoms with Gasteiger partial charge in [-0.3, -0.25) is 14.5 Å². The number of alkyl halides is 1. The molecule has 4 nitrogen and oxygen atoms in total. The number of amides is 2. The van der Waals surface area contributed by atoms with E-state index in [1.165, 1.54) is 0 Å². The van der Waals surface area contributed by atoms with Gasteiger partial charge in [0.25, 0.3) is 11.8 Å². The number of carbonyl (C=O) groups excluding carboxylic acids is 2. The van der Waals surface area contributed by atoms with E-state index in [0.29, 0.717) is 17.5 Å². The third-order valence-corrected chi connectivity index (χ3v) is 4.36. The molecular weight excluding hydrogens is 314 g/mol. The van der Waals surface area contributed by atoms with Crippen LogP contribution < -0.4 is 0 Å². The van der Waals surface area contributed by atoms with Crippen LogP contribution in [0.1, 0.15) is 26.3 Å². The summed E-state index contributed by atoms with van der Waals surface area (Å²) < 4.78 is 0. The van der Waals surface area contributed by atoms with Crippen molar-refractivity contribution in [3.05, 3.63) is 71.3 Å². The molecule has 2 atom stereocenters. The Labute approximate surface area is 139 Å². The number of nitrogens with zero attached hydrogens (tertiary/aromatic N) is 1. The van der Waals surface area contributed by atoms with E-state index in [1.54, 1.807) is 24.3 Å². The monoisotopic (exact) mass is 329 g/mol. The number of fused-ring (bicyclic) bond motifs is 1. The van der Waals surface area contributed by atoms with Crippen molar-refractivity contribution in [3.63, 3.8) is 0 Å². The molecule has 0 aliphatic carbocycles. The molecular formula is C18H16ClNO3. The summed E-state index contributed by atoms with van der Waals surface area (Å²) in [5.41, 5.74) is 1.67. The molecule has 2 unspecified atom stereocenters. The highest BCUT2D eigenvalue weighted by Crippen LogP contribution is 2.27. The molecule has 118 valence electrons. The third-order valence-electron chi connectivity index (χ3n) is 4.05. The molecule has 1 heterocycles. The fourth-order valence-electron chi connectivity index (χ4n) is 2.87. The summed E-state index contributed by atoms with van der Waals surface area (Å²) in [4.78, 5) is 26.4. The Hall–Kier alpha value is -2.17. The van der Waals surface area contributed by atoms with Crippen molar-refractivity contribution in [2.45, 2.75) is 18.6 Å². The summed E-state index contributed by atoms with van der Waals surface area (Å²) in [6.07, 6.45) is -0.626. The minimum atomic E-state index is -0.987. The predicted octanol–water partition coefficient (Wildman–Crippen LogP) is 2.49. The van der Waals surface area contributed by atoms with Crippen molar-refractivity contribution in [1.82, 2.24) is 4.90 Å². The Bertz CT molecular complexity index is 697. The molecule has 0 aromatic heterocycles. The molecule has 0 radical (unpaired) electrons. The van der Waals surface area contributed by atoms with Gasteiger partial charge in [0, 0.05) is 0 Å². The van der Waals surface area contributed by atoms with Gasteiger partial charge >= 0.3 is 0 Å². The van der Waals surface area contributed by atoms with Crippen molar-refractivity contribution in [1.29, 1.82) is 0 Å². The lowest BCUT2D eigenvalue weighted by atomic mass is 10.0. The van der Waals surface area contributed by atoms with Crippen molar-refractivity contribution >= 4 is 23.4 Å². The first-order chi connectivity index (χ1) is 11.1. The van der Waals surface area contributed by atoms with E-state index >= 15 is 0 Å². The highest BCUT2D eigenvalue weighted by molar-refractivity contribution is 6.22. The summed E-state index contributed by atoms with van der Waals surface area (Å²) in [5.74, 6) is -0.809. The normalized spacial score (nSPS) is 16.3. The SMILES string of the molecule is O=C1c2ccccc2C(=O)N1C(Cc1ccccc1)C(O)CCl. The van der Waals surface area contributed by atoms with Crippen LogP contribution in [-0.2, 0) is 6.42 Å². The van der Waals surface area contributed by atoms with Crippen LogP contribution in [0.3, 0.4) is 0 Å². The first kappa shape index (κ1) is 15.7. The molecule has 1 aliphatic rings.